The molecule has 2 rings (SSSR count). The SMILES string of the molecule is CC(C)C(C)NC(=O)c1noc(-c2ccc(C(F)(F)F)cc2)c1CNCC#N. The predicted molar refractivity (Wildman–Crippen MR) is 96.0 cm³/mol. The van der Waals surface area contributed by atoms with Crippen LogP contribution in [0.5, 0.6) is 0 Å². The average Bonchev–Trinajstić information content (AvgIpc) is 3.05. The molecule has 1 heterocycles. The minimum absolute atomic E-state index is 0.0289. The van der Waals surface area contributed by atoms with Gasteiger partial charge in [-0.3, -0.25) is 4.79 Å². The molecule has 0 saturated carbocycles. The first-order valence-corrected chi connectivity index (χ1v) is 8.69. The molecule has 0 spiro atoms. The first kappa shape index (κ1) is 21.4. The molecular weight excluding hydrogens is 373 g/mol. The maximum absolute atomic E-state index is 12.8. The Morgan fingerprint density at radius 3 is 2.43 bits per heavy atom. The van der Waals surface area contributed by atoms with Crippen LogP contribution in [0.3, 0.4) is 0 Å². The molecular formula is C19H21F3N4O2. The molecule has 0 aliphatic heterocycles. The molecule has 0 aliphatic carbocycles. The number of nitrogens with zero attached hydrogens (tertiary/aromatic N) is 2. The Hall–Kier alpha value is -2.86. The molecule has 1 unspecified atom stereocenters. The number of hydrogen-bond donors (Lipinski definition) is 2. The molecule has 6 nitrogen and oxygen atoms in total. The van der Waals surface area contributed by atoms with Gasteiger partial charge in [-0.05, 0) is 25.0 Å². The van der Waals surface area contributed by atoms with E-state index in [9.17, 15) is 18.0 Å². The summed E-state index contributed by atoms with van der Waals surface area (Å²) in [7, 11) is 0. The molecule has 0 aliphatic rings. The minimum Gasteiger partial charge on any atom is -0.355 e. The number of aromatic nitrogens is 1. The number of amides is 1. The number of rotatable bonds is 7. The fraction of sp³-hybridized carbons (Fsp3) is 0.421. The average molecular weight is 394 g/mol. The summed E-state index contributed by atoms with van der Waals surface area (Å²) in [4.78, 5) is 12.6. The summed E-state index contributed by atoms with van der Waals surface area (Å²) in [6.07, 6.45) is -4.45. The summed E-state index contributed by atoms with van der Waals surface area (Å²) < 4.78 is 43.6. The second kappa shape index (κ2) is 8.89. The number of hydrogen-bond acceptors (Lipinski definition) is 5. The fourth-order valence-electron chi connectivity index (χ4n) is 2.37. The van der Waals surface area contributed by atoms with Gasteiger partial charge in [-0.1, -0.05) is 31.1 Å². The summed E-state index contributed by atoms with van der Waals surface area (Å²) in [6, 6.07) is 6.20. The number of nitriles is 1. The molecule has 1 amide bonds. The molecule has 1 aromatic heterocycles. The van der Waals surface area contributed by atoms with Crippen molar-refractivity contribution in [2.75, 3.05) is 6.54 Å². The summed E-state index contributed by atoms with van der Waals surface area (Å²) in [5.74, 6) is -0.0659. The Bertz CT molecular complexity index is 852. The molecule has 1 aromatic carbocycles. The minimum atomic E-state index is -4.45. The fourth-order valence-corrected chi connectivity index (χ4v) is 2.37. The van der Waals surface area contributed by atoms with Gasteiger partial charge in [0.25, 0.3) is 5.91 Å². The first-order valence-electron chi connectivity index (χ1n) is 8.69. The highest BCUT2D eigenvalue weighted by atomic mass is 19.4. The molecule has 1 atom stereocenters. The van der Waals surface area contributed by atoms with Gasteiger partial charge in [0.1, 0.15) is 0 Å². The van der Waals surface area contributed by atoms with Crippen molar-refractivity contribution >= 4 is 5.91 Å². The van der Waals surface area contributed by atoms with Crippen LogP contribution in [0, 0.1) is 17.2 Å². The van der Waals surface area contributed by atoms with Gasteiger partial charge in [0.15, 0.2) is 11.5 Å². The summed E-state index contributed by atoms with van der Waals surface area (Å²) in [6.45, 7) is 5.90. The van der Waals surface area contributed by atoms with E-state index in [2.05, 4.69) is 15.8 Å². The molecule has 9 heteroatoms. The van der Waals surface area contributed by atoms with Crippen LogP contribution in [0.2, 0.25) is 0 Å². The smallest absolute Gasteiger partial charge is 0.355 e. The zero-order chi connectivity index (χ0) is 20.9. The van der Waals surface area contributed by atoms with Crippen molar-refractivity contribution in [1.29, 1.82) is 5.26 Å². The van der Waals surface area contributed by atoms with Gasteiger partial charge in [0, 0.05) is 23.7 Å². The highest BCUT2D eigenvalue weighted by molar-refractivity contribution is 5.95. The largest absolute Gasteiger partial charge is 0.416 e. The van der Waals surface area contributed by atoms with Crippen molar-refractivity contribution in [2.24, 2.45) is 5.92 Å². The maximum Gasteiger partial charge on any atom is 0.416 e. The van der Waals surface area contributed by atoms with Crippen LogP contribution in [-0.4, -0.2) is 23.7 Å². The molecule has 2 N–H and O–H groups in total. The lowest BCUT2D eigenvalue weighted by Crippen LogP contribution is -2.37. The lowest BCUT2D eigenvalue weighted by atomic mass is 10.0. The Morgan fingerprint density at radius 2 is 1.89 bits per heavy atom. The van der Waals surface area contributed by atoms with E-state index in [1.165, 1.54) is 12.1 Å². The highest BCUT2D eigenvalue weighted by Crippen LogP contribution is 2.32. The standard InChI is InChI=1S/C19H21F3N4O2/c1-11(2)12(3)25-18(27)16-15(10-24-9-8-23)17(28-26-16)13-4-6-14(7-5-13)19(20,21)22/h4-7,11-12,24H,9-10H2,1-3H3,(H,25,27). The van der Waals surface area contributed by atoms with E-state index in [1.807, 2.05) is 26.8 Å². The third-order valence-corrected chi connectivity index (χ3v) is 4.34. The van der Waals surface area contributed by atoms with Crippen molar-refractivity contribution in [3.63, 3.8) is 0 Å². The number of halogens is 3. The normalized spacial score (nSPS) is 12.6. The first-order chi connectivity index (χ1) is 13.1. The molecule has 0 bridgehead atoms. The van der Waals surface area contributed by atoms with Gasteiger partial charge in [-0.15, -0.1) is 0 Å². The topological polar surface area (TPSA) is 90.9 Å². The number of nitrogens with one attached hydrogen (secondary N) is 2. The Balaban J connectivity index is 2.37. The zero-order valence-corrected chi connectivity index (χ0v) is 15.7. The molecule has 0 fully saturated rings. The zero-order valence-electron chi connectivity index (χ0n) is 15.7. The van der Waals surface area contributed by atoms with Crippen LogP contribution < -0.4 is 10.6 Å². The lowest BCUT2D eigenvalue weighted by Gasteiger charge is -2.16. The van der Waals surface area contributed by atoms with E-state index >= 15 is 0 Å². The van der Waals surface area contributed by atoms with E-state index in [1.54, 1.807) is 0 Å². The number of alkyl halides is 3. The Morgan fingerprint density at radius 1 is 1.25 bits per heavy atom. The van der Waals surface area contributed by atoms with Crippen molar-refractivity contribution in [1.82, 2.24) is 15.8 Å². The molecule has 0 radical (unpaired) electrons. The van der Waals surface area contributed by atoms with E-state index < -0.39 is 17.6 Å². The van der Waals surface area contributed by atoms with Crippen LogP contribution in [0.15, 0.2) is 28.8 Å². The second-order valence-electron chi connectivity index (χ2n) is 6.68. The van der Waals surface area contributed by atoms with E-state index in [0.29, 0.717) is 11.1 Å². The van der Waals surface area contributed by atoms with E-state index in [-0.39, 0.29) is 36.5 Å². The maximum atomic E-state index is 12.8. The number of benzene rings is 1. The van der Waals surface area contributed by atoms with E-state index in [0.717, 1.165) is 12.1 Å². The van der Waals surface area contributed by atoms with Crippen molar-refractivity contribution in [3.8, 4) is 17.4 Å². The highest BCUT2D eigenvalue weighted by Gasteiger charge is 2.30. The third-order valence-electron chi connectivity index (χ3n) is 4.34. The Labute approximate surface area is 160 Å². The lowest BCUT2D eigenvalue weighted by molar-refractivity contribution is -0.137. The monoisotopic (exact) mass is 394 g/mol. The van der Waals surface area contributed by atoms with Gasteiger partial charge in [-0.25, -0.2) is 0 Å². The van der Waals surface area contributed by atoms with Crippen LogP contribution in [0.4, 0.5) is 13.2 Å². The summed E-state index contributed by atoms with van der Waals surface area (Å²) in [5, 5.41) is 18.2. The summed E-state index contributed by atoms with van der Waals surface area (Å²) in [5.41, 5.74) is -0.0230. The van der Waals surface area contributed by atoms with Gasteiger partial charge < -0.3 is 15.2 Å². The Kier molecular flexibility index (Phi) is 6.80. The van der Waals surface area contributed by atoms with Crippen molar-refractivity contribution < 1.29 is 22.5 Å². The number of carbonyl (C=O) groups is 1. The van der Waals surface area contributed by atoms with Crippen molar-refractivity contribution in [3.05, 3.63) is 41.1 Å². The van der Waals surface area contributed by atoms with Crippen molar-refractivity contribution in [2.45, 2.75) is 39.5 Å². The second-order valence-corrected chi connectivity index (χ2v) is 6.68. The van der Waals surface area contributed by atoms with Gasteiger partial charge in [-0.2, -0.15) is 18.4 Å². The quantitative estimate of drug-likeness (QED) is 0.551. The molecule has 2 aromatic rings. The van der Waals surface area contributed by atoms with Gasteiger partial charge in [0.05, 0.1) is 18.2 Å². The van der Waals surface area contributed by atoms with Crippen LogP contribution in [0.1, 0.15) is 42.4 Å². The van der Waals surface area contributed by atoms with Gasteiger partial charge in [0.2, 0.25) is 0 Å². The van der Waals surface area contributed by atoms with Gasteiger partial charge >= 0.3 is 6.18 Å². The van der Waals surface area contributed by atoms with Crippen LogP contribution in [-0.2, 0) is 12.7 Å². The molecule has 28 heavy (non-hydrogen) atoms. The van der Waals surface area contributed by atoms with E-state index in [4.69, 9.17) is 9.78 Å². The third kappa shape index (κ3) is 5.10. The summed E-state index contributed by atoms with van der Waals surface area (Å²) >= 11 is 0. The molecule has 0 saturated heterocycles. The van der Waals surface area contributed by atoms with Crippen LogP contribution >= 0.6 is 0 Å². The van der Waals surface area contributed by atoms with Crippen LogP contribution in [0.25, 0.3) is 11.3 Å². The predicted octanol–water partition coefficient (Wildman–Crippen LogP) is 3.75. The molecule has 150 valence electrons. The number of carbonyl (C=O) groups excluding carboxylic acids is 1.